The zero-order valence-corrected chi connectivity index (χ0v) is 17.2. The molecule has 28 heavy (non-hydrogen) atoms. The number of aryl methyl sites for hydroxylation is 1. The molecule has 0 spiro atoms. The van der Waals surface area contributed by atoms with Crippen molar-refractivity contribution in [2.75, 3.05) is 36.4 Å². The van der Waals surface area contributed by atoms with E-state index in [9.17, 15) is 13.2 Å². The molecule has 0 aromatic heterocycles. The minimum atomic E-state index is -3.47. The van der Waals surface area contributed by atoms with Gasteiger partial charge in [-0.1, -0.05) is 32.0 Å². The van der Waals surface area contributed by atoms with Gasteiger partial charge in [-0.25, -0.2) is 8.42 Å². The SMILES string of the molecule is CCN(CC)S(=O)(=O)c1ccc(NCC(=O)N2CCCc3ccccc32)cc1. The van der Waals surface area contributed by atoms with Gasteiger partial charge in [0.05, 0.1) is 11.4 Å². The van der Waals surface area contributed by atoms with E-state index in [0.29, 0.717) is 13.1 Å². The second kappa shape index (κ2) is 8.75. The molecular weight excluding hydrogens is 374 g/mol. The van der Waals surface area contributed by atoms with Crippen LogP contribution in [-0.4, -0.2) is 44.8 Å². The third-order valence-corrected chi connectivity index (χ3v) is 7.12. The standard InChI is InChI=1S/C21H27N3O3S/c1-3-23(4-2)28(26,27)19-13-11-18(12-14-19)22-16-21(25)24-15-7-9-17-8-5-6-10-20(17)24/h5-6,8,10-14,22H,3-4,7,9,15-16H2,1-2H3. The van der Waals surface area contributed by atoms with Crippen molar-refractivity contribution in [3.8, 4) is 0 Å². The van der Waals surface area contributed by atoms with Crippen molar-refractivity contribution in [3.05, 3.63) is 54.1 Å². The first-order valence-corrected chi connectivity index (χ1v) is 11.1. The predicted octanol–water partition coefficient (Wildman–Crippen LogP) is 3.11. The van der Waals surface area contributed by atoms with E-state index in [1.807, 2.05) is 36.9 Å². The number of sulfonamides is 1. The van der Waals surface area contributed by atoms with Gasteiger partial charge in [0.15, 0.2) is 0 Å². The average Bonchev–Trinajstić information content (AvgIpc) is 2.72. The Hall–Kier alpha value is -2.38. The number of nitrogens with zero attached hydrogens (tertiary/aromatic N) is 2. The van der Waals surface area contributed by atoms with Crippen LogP contribution < -0.4 is 10.2 Å². The molecule has 0 atom stereocenters. The summed E-state index contributed by atoms with van der Waals surface area (Å²) in [6.45, 7) is 5.40. The summed E-state index contributed by atoms with van der Waals surface area (Å²) < 4.78 is 26.5. The Morgan fingerprint density at radius 1 is 1.07 bits per heavy atom. The molecule has 150 valence electrons. The van der Waals surface area contributed by atoms with Crippen LogP contribution in [0.5, 0.6) is 0 Å². The molecule has 7 heteroatoms. The van der Waals surface area contributed by atoms with E-state index in [2.05, 4.69) is 11.4 Å². The van der Waals surface area contributed by atoms with Gasteiger partial charge in [-0.15, -0.1) is 0 Å². The molecule has 1 N–H and O–H groups in total. The fourth-order valence-corrected chi connectivity index (χ4v) is 4.98. The van der Waals surface area contributed by atoms with E-state index in [1.54, 1.807) is 24.3 Å². The number of carbonyl (C=O) groups is 1. The lowest BCUT2D eigenvalue weighted by Crippen LogP contribution is -2.39. The monoisotopic (exact) mass is 401 g/mol. The van der Waals surface area contributed by atoms with E-state index < -0.39 is 10.0 Å². The second-order valence-corrected chi connectivity index (χ2v) is 8.68. The van der Waals surface area contributed by atoms with Gasteiger partial charge in [0.1, 0.15) is 0 Å². The van der Waals surface area contributed by atoms with Gasteiger partial charge in [-0.3, -0.25) is 4.79 Å². The van der Waals surface area contributed by atoms with Crippen molar-refractivity contribution in [2.45, 2.75) is 31.6 Å². The number of rotatable bonds is 7. The molecule has 3 rings (SSSR count). The van der Waals surface area contributed by atoms with Crippen LogP contribution in [0.2, 0.25) is 0 Å². The quantitative estimate of drug-likeness (QED) is 0.774. The highest BCUT2D eigenvalue weighted by Gasteiger charge is 2.23. The van der Waals surface area contributed by atoms with E-state index >= 15 is 0 Å². The smallest absolute Gasteiger partial charge is 0.246 e. The largest absolute Gasteiger partial charge is 0.376 e. The molecule has 1 amide bonds. The summed E-state index contributed by atoms with van der Waals surface area (Å²) in [7, 11) is -3.47. The topological polar surface area (TPSA) is 69.7 Å². The highest BCUT2D eigenvalue weighted by Crippen LogP contribution is 2.26. The van der Waals surface area contributed by atoms with Crippen molar-refractivity contribution in [2.24, 2.45) is 0 Å². The summed E-state index contributed by atoms with van der Waals surface area (Å²) >= 11 is 0. The number of nitrogens with one attached hydrogen (secondary N) is 1. The van der Waals surface area contributed by atoms with E-state index in [0.717, 1.165) is 30.8 Å². The fourth-order valence-electron chi connectivity index (χ4n) is 3.52. The first-order chi connectivity index (χ1) is 13.5. The predicted molar refractivity (Wildman–Crippen MR) is 112 cm³/mol. The Labute approximate surface area is 167 Å². The Morgan fingerprint density at radius 3 is 2.43 bits per heavy atom. The highest BCUT2D eigenvalue weighted by molar-refractivity contribution is 7.89. The molecule has 0 fully saturated rings. The molecule has 0 saturated heterocycles. The van der Waals surface area contributed by atoms with Crippen molar-refractivity contribution >= 4 is 27.3 Å². The maximum Gasteiger partial charge on any atom is 0.246 e. The lowest BCUT2D eigenvalue weighted by molar-refractivity contribution is -0.117. The van der Waals surface area contributed by atoms with Gasteiger partial charge in [-0.2, -0.15) is 4.31 Å². The average molecular weight is 402 g/mol. The summed E-state index contributed by atoms with van der Waals surface area (Å²) in [5, 5.41) is 3.11. The molecular formula is C21H27N3O3S. The zero-order chi connectivity index (χ0) is 20.1. The van der Waals surface area contributed by atoms with Crippen molar-refractivity contribution in [1.82, 2.24) is 4.31 Å². The first-order valence-electron chi connectivity index (χ1n) is 9.69. The number of benzene rings is 2. The van der Waals surface area contributed by atoms with Crippen LogP contribution in [0.1, 0.15) is 25.8 Å². The van der Waals surface area contributed by atoms with Crippen molar-refractivity contribution in [1.29, 1.82) is 0 Å². The van der Waals surface area contributed by atoms with Gasteiger partial charge in [0.2, 0.25) is 15.9 Å². The van der Waals surface area contributed by atoms with E-state index in [-0.39, 0.29) is 17.3 Å². The Kier molecular flexibility index (Phi) is 6.36. The van der Waals surface area contributed by atoms with Crippen LogP contribution in [0, 0.1) is 0 Å². The fraction of sp³-hybridized carbons (Fsp3) is 0.381. The Balaban J connectivity index is 1.65. The van der Waals surface area contributed by atoms with Crippen LogP contribution >= 0.6 is 0 Å². The molecule has 0 aliphatic carbocycles. The van der Waals surface area contributed by atoms with Gasteiger partial charge >= 0.3 is 0 Å². The molecule has 0 radical (unpaired) electrons. The van der Waals surface area contributed by atoms with Crippen LogP contribution in [-0.2, 0) is 21.2 Å². The van der Waals surface area contributed by atoms with Crippen LogP contribution in [0.3, 0.4) is 0 Å². The van der Waals surface area contributed by atoms with Gasteiger partial charge in [0.25, 0.3) is 0 Å². The molecule has 2 aromatic carbocycles. The maximum atomic E-state index is 12.7. The third kappa shape index (κ3) is 4.20. The lowest BCUT2D eigenvalue weighted by Gasteiger charge is -2.29. The minimum Gasteiger partial charge on any atom is -0.376 e. The molecule has 1 aliphatic rings. The molecule has 0 saturated carbocycles. The number of hydrogen-bond donors (Lipinski definition) is 1. The van der Waals surface area contributed by atoms with Crippen LogP contribution in [0.15, 0.2) is 53.4 Å². The Morgan fingerprint density at radius 2 is 1.75 bits per heavy atom. The van der Waals surface area contributed by atoms with Crippen LogP contribution in [0.25, 0.3) is 0 Å². The number of carbonyl (C=O) groups excluding carboxylic acids is 1. The van der Waals surface area contributed by atoms with Gasteiger partial charge in [-0.05, 0) is 48.7 Å². The summed E-state index contributed by atoms with van der Waals surface area (Å²) in [6.07, 6.45) is 1.95. The van der Waals surface area contributed by atoms with E-state index in [4.69, 9.17) is 0 Å². The number of amides is 1. The number of hydrogen-bond acceptors (Lipinski definition) is 4. The van der Waals surface area contributed by atoms with E-state index in [1.165, 1.54) is 9.87 Å². The zero-order valence-electron chi connectivity index (χ0n) is 16.4. The Bertz CT molecular complexity index is 922. The molecule has 6 nitrogen and oxygen atoms in total. The molecule has 1 aliphatic heterocycles. The van der Waals surface area contributed by atoms with Crippen molar-refractivity contribution in [3.63, 3.8) is 0 Å². The highest BCUT2D eigenvalue weighted by atomic mass is 32.2. The second-order valence-electron chi connectivity index (χ2n) is 6.74. The number of anilines is 2. The third-order valence-electron chi connectivity index (χ3n) is 5.05. The summed E-state index contributed by atoms with van der Waals surface area (Å²) in [5.74, 6) is 0.00647. The first kappa shape index (κ1) is 20.4. The van der Waals surface area contributed by atoms with Crippen molar-refractivity contribution < 1.29 is 13.2 Å². The molecule has 2 aromatic rings. The summed E-state index contributed by atoms with van der Waals surface area (Å²) in [4.78, 5) is 14.8. The summed E-state index contributed by atoms with van der Waals surface area (Å²) in [5.41, 5.74) is 2.91. The maximum absolute atomic E-state index is 12.7. The molecule has 0 unspecified atom stereocenters. The molecule has 0 bridgehead atoms. The molecule has 1 heterocycles. The summed E-state index contributed by atoms with van der Waals surface area (Å²) in [6, 6.07) is 14.6. The minimum absolute atomic E-state index is 0.00647. The number of para-hydroxylation sites is 1. The van der Waals surface area contributed by atoms with Gasteiger partial charge < -0.3 is 10.2 Å². The van der Waals surface area contributed by atoms with Gasteiger partial charge in [0, 0.05) is 31.0 Å². The number of fused-ring (bicyclic) bond motifs is 1. The van der Waals surface area contributed by atoms with Crippen LogP contribution in [0.4, 0.5) is 11.4 Å². The normalized spacial score (nSPS) is 14.0. The lowest BCUT2D eigenvalue weighted by atomic mass is 10.0.